The Morgan fingerprint density at radius 3 is 1.72 bits per heavy atom. The lowest BCUT2D eigenvalue weighted by Crippen LogP contribution is -1.94. The Hall–Kier alpha value is -5.98. The Morgan fingerprint density at radius 1 is 0.488 bits per heavy atom. The van der Waals surface area contributed by atoms with Gasteiger partial charge in [-0.2, -0.15) is 5.26 Å². The number of hydrogen-bond donors (Lipinski definition) is 0. The fourth-order valence-electron chi connectivity index (χ4n) is 6.81. The van der Waals surface area contributed by atoms with Gasteiger partial charge in [0.1, 0.15) is 0 Å². The lowest BCUT2D eigenvalue weighted by Gasteiger charge is -2.15. The van der Waals surface area contributed by atoms with E-state index in [0.29, 0.717) is 5.56 Å². The predicted octanol–water partition coefficient (Wildman–Crippen LogP) is 10.3. The van der Waals surface area contributed by atoms with Crippen LogP contribution < -0.4 is 0 Å². The van der Waals surface area contributed by atoms with Crippen LogP contribution in [0.15, 0.2) is 140 Å². The minimum atomic E-state index is 0.656. The summed E-state index contributed by atoms with van der Waals surface area (Å²) in [5, 5.41) is 18.7. The van der Waals surface area contributed by atoms with E-state index in [-0.39, 0.29) is 0 Å². The summed E-state index contributed by atoms with van der Waals surface area (Å²) in [5.41, 5.74) is 8.38. The largest absolute Gasteiger partial charge is 0.309 e. The van der Waals surface area contributed by atoms with Crippen LogP contribution in [0.3, 0.4) is 0 Å². The maximum Gasteiger partial charge on any atom is 0.0991 e. The first-order chi connectivity index (χ1) is 21.3. The van der Waals surface area contributed by atoms with E-state index in [0.717, 1.165) is 54.9 Å². The molecule has 43 heavy (non-hydrogen) atoms. The fraction of sp³-hybridized carbons (Fsp3) is 0. The number of hydrogen-bond acceptors (Lipinski definition) is 2. The molecule has 0 unspecified atom stereocenters. The molecule has 2 heterocycles. The Labute approximate surface area is 247 Å². The predicted molar refractivity (Wildman–Crippen MR) is 179 cm³/mol. The molecule has 3 nitrogen and oxygen atoms in total. The first kappa shape index (κ1) is 23.7. The second kappa shape index (κ2) is 9.01. The molecular formula is C40H23N3. The summed E-state index contributed by atoms with van der Waals surface area (Å²) in [6, 6.07) is 51.4. The van der Waals surface area contributed by atoms with Gasteiger partial charge in [0.05, 0.1) is 33.7 Å². The van der Waals surface area contributed by atoms with Gasteiger partial charge < -0.3 is 4.57 Å². The monoisotopic (exact) mass is 545 g/mol. The molecule has 3 heteroatoms. The first-order valence-corrected chi connectivity index (χ1v) is 14.5. The van der Waals surface area contributed by atoms with Gasteiger partial charge in [-0.25, -0.2) is 4.98 Å². The van der Waals surface area contributed by atoms with Crippen molar-refractivity contribution < 1.29 is 0 Å². The third-order valence-corrected chi connectivity index (χ3v) is 8.78. The molecular weight excluding hydrogens is 522 g/mol. The summed E-state index contributed by atoms with van der Waals surface area (Å²) in [7, 11) is 0. The Kier molecular flexibility index (Phi) is 4.97. The number of aromatic nitrogens is 2. The zero-order valence-electron chi connectivity index (χ0n) is 23.1. The van der Waals surface area contributed by atoms with Crippen LogP contribution in [0.4, 0.5) is 0 Å². The van der Waals surface area contributed by atoms with Gasteiger partial charge in [-0.1, -0.05) is 97.1 Å². The Morgan fingerprint density at radius 2 is 1.07 bits per heavy atom. The maximum absolute atomic E-state index is 9.35. The molecule has 198 valence electrons. The molecule has 0 aliphatic carbocycles. The molecule has 9 rings (SSSR count). The number of rotatable bonds is 2. The van der Waals surface area contributed by atoms with Gasteiger partial charge in [0.25, 0.3) is 0 Å². The average Bonchev–Trinajstić information content (AvgIpc) is 3.41. The van der Waals surface area contributed by atoms with Crippen molar-refractivity contribution in [3.8, 4) is 22.9 Å². The van der Waals surface area contributed by atoms with Crippen molar-refractivity contribution in [1.29, 1.82) is 5.26 Å². The third kappa shape index (κ3) is 3.44. The average molecular weight is 546 g/mol. The molecule has 9 aromatic rings. The van der Waals surface area contributed by atoms with E-state index in [4.69, 9.17) is 4.98 Å². The van der Waals surface area contributed by atoms with Crippen molar-refractivity contribution in [3.63, 3.8) is 0 Å². The standard InChI is InChI=1S/C40H23N3/c41-24-25-13-18-29(19-14-25)43-36-12-6-5-11-32(36)35-23-28(17-22-37(35)43)38-33-20-15-26-7-1-3-9-30(26)39(33)42-40-31-10-4-2-8-27(31)16-21-34(38)40/h1-23H. The topological polar surface area (TPSA) is 41.6 Å². The molecule has 0 fully saturated rings. The molecule has 0 saturated heterocycles. The van der Waals surface area contributed by atoms with Crippen LogP contribution in [0.5, 0.6) is 0 Å². The van der Waals surface area contributed by atoms with E-state index in [1.54, 1.807) is 0 Å². The van der Waals surface area contributed by atoms with Crippen LogP contribution in [-0.2, 0) is 0 Å². The van der Waals surface area contributed by atoms with Gasteiger partial charge in [0.2, 0.25) is 0 Å². The summed E-state index contributed by atoms with van der Waals surface area (Å²) in [5.74, 6) is 0. The lowest BCUT2D eigenvalue weighted by atomic mass is 9.92. The first-order valence-electron chi connectivity index (χ1n) is 14.5. The van der Waals surface area contributed by atoms with E-state index in [9.17, 15) is 5.26 Å². The van der Waals surface area contributed by atoms with Gasteiger partial charge in [-0.05, 0) is 58.8 Å². The Bertz CT molecular complexity index is 2520. The number of benzene rings is 7. The smallest absolute Gasteiger partial charge is 0.0991 e. The zero-order chi connectivity index (χ0) is 28.5. The van der Waals surface area contributed by atoms with Crippen LogP contribution in [0.2, 0.25) is 0 Å². The quantitative estimate of drug-likeness (QED) is 0.160. The molecule has 0 bridgehead atoms. The second-order valence-corrected chi connectivity index (χ2v) is 11.1. The number of fused-ring (bicyclic) bond motifs is 9. The molecule has 0 N–H and O–H groups in total. The normalized spacial score (nSPS) is 11.7. The van der Waals surface area contributed by atoms with Crippen molar-refractivity contribution in [2.45, 2.75) is 0 Å². The summed E-state index contributed by atoms with van der Waals surface area (Å²) in [6.45, 7) is 0. The van der Waals surface area contributed by atoms with Crippen molar-refractivity contribution in [2.24, 2.45) is 0 Å². The molecule has 0 saturated carbocycles. The van der Waals surface area contributed by atoms with Gasteiger partial charge in [-0.3, -0.25) is 0 Å². The van der Waals surface area contributed by atoms with Crippen molar-refractivity contribution >= 4 is 65.2 Å². The number of para-hydroxylation sites is 1. The minimum absolute atomic E-state index is 0.656. The van der Waals surface area contributed by atoms with E-state index < -0.39 is 0 Å². The van der Waals surface area contributed by atoms with Crippen LogP contribution >= 0.6 is 0 Å². The molecule has 0 atom stereocenters. The molecule has 2 aromatic heterocycles. The Balaban J connectivity index is 1.41. The van der Waals surface area contributed by atoms with Crippen molar-refractivity contribution in [2.75, 3.05) is 0 Å². The minimum Gasteiger partial charge on any atom is -0.309 e. The van der Waals surface area contributed by atoms with Crippen molar-refractivity contribution in [1.82, 2.24) is 9.55 Å². The van der Waals surface area contributed by atoms with E-state index in [2.05, 4.69) is 126 Å². The molecule has 0 aliphatic heterocycles. The highest BCUT2D eigenvalue weighted by molar-refractivity contribution is 6.22. The molecule has 7 aromatic carbocycles. The maximum atomic E-state index is 9.35. The highest BCUT2D eigenvalue weighted by Crippen LogP contribution is 2.42. The fourth-order valence-corrected chi connectivity index (χ4v) is 6.81. The molecule has 0 aliphatic rings. The lowest BCUT2D eigenvalue weighted by molar-refractivity contribution is 1.18. The van der Waals surface area contributed by atoms with Crippen LogP contribution in [0, 0.1) is 11.3 Å². The van der Waals surface area contributed by atoms with E-state index >= 15 is 0 Å². The van der Waals surface area contributed by atoms with Crippen molar-refractivity contribution in [3.05, 3.63) is 145 Å². The molecule has 0 amide bonds. The second-order valence-electron chi connectivity index (χ2n) is 11.1. The third-order valence-electron chi connectivity index (χ3n) is 8.78. The summed E-state index contributed by atoms with van der Waals surface area (Å²) in [4.78, 5) is 5.36. The van der Waals surface area contributed by atoms with Gasteiger partial charge in [-0.15, -0.1) is 0 Å². The highest BCUT2D eigenvalue weighted by atomic mass is 15.0. The highest BCUT2D eigenvalue weighted by Gasteiger charge is 2.18. The molecule has 0 spiro atoms. The summed E-state index contributed by atoms with van der Waals surface area (Å²) in [6.07, 6.45) is 0. The van der Waals surface area contributed by atoms with Gasteiger partial charge in [0, 0.05) is 43.6 Å². The van der Waals surface area contributed by atoms with Crippen LogP contribution in [0.1, 0.15) is 5.56 Å². The van der Waals surface area contributed by atoms with Gasteiger partial charge in [0.15, 0.2) is 0 Å². The van der Waals surface area contributed by atoms with E-state index in [1.807, 2.05) is 24.3 Å². The number of nitriles is 1. The summed E-state index contributed by atoms with van der Waals surface area (Å²) >= 11 is 0. The number of pyridine rings is 1. The van der Waals surface area contributed by atoms with Gasteiger partial charge >= 0.3 is 0 Å². The number of nitrogens with zero attached hydrogens (tertiary/aromatic N) is 3. The zero-order valence-corrected chi connectivity index (χ0v) is 23.1. The van der Waals surface area contributed by atoms with E-state index in [1.165, 1.54) is 27.1 Å². The van der Waals surface area contributed by atoms with Crippen LogP contribution in [0.25, 0.3) is 82.0 Å². The SMILES string of the molecule is N#Cc1ccc(-n2c3ccccc3c3cc(-c4c5ccc6ccccc6c5nc5c4ccc4ccccc45)ccc32)cc1. The summed E-state index contributed by atoms with van der Waals surface area (Å²) < 4.78 is 2.29. The van der Waals surface area contributed by atoms with Crippen LogP contribution in [-0.4, -0.2) is 9.55 Å². The molecule has 0 radical (unpaired) electrons.